The number of thiazole rings is 1. The van der Waals surface area contributed by atoms with E-state index in [2.05, 4.69) is 15.3 Å². The van der Waals surface area contributed by atoms with Crippen molar-refractivity contribution in [2.24, 2.45) is 0 Å². The van der Waals surface area contributed by atoms with Crippen molar-refractivity contribution in [2.45, 2.75) is 5.92 Å². The first-order valence-corrected chi connectivity index (χ1v) is 9.47. The molecule has 0 aliphatic rings. The Balaban J connectivity index is 1.61. The van der Waals surface area contributed by atoms with Crippen molar-refractivity contribution >= 4 is 22.4 Å². The number of benzene rings is 2. The van der Waals surface area contributed by atoms with Crippen LogP contribution in [0.1, 0.15) is 17.0 Å². The van der Waals surface area contributed by atoms with Gasteiger partial charge in [0.05, 0.1) is 11.6 Å². The number of nitrogens with zero attached hydrogens (tertiary/aromatic N) is 2. The van der Waals surface area contributed by atoms with Crippen LogP contribution in [0.2, 0.25) is 0 Å². The lowest BCUT2D eigenvalue weighted by atomic mass is 9.90. The third-order valence-corrected chi connectivity index (χ3v) is 4.95. The number of carbonyl (C=O) groups excluding carboxylic acids is 1. The number of nitrogens with one attached hydrogen (secondary N) is 1. The van der Waals surface area contributed by atoms with Crippen molar-refractivity contribution in [2.75, 3.05) is 5.32 Å². The van der Waals surface area contributed by atoms with E-state index in [-0.39, 0.29) is 5.91 Å². The molecule has 1 amide bonds. The minimum Gasteiger partial charge on any atom is -0.301 e. The van der Waals surface area contributed by atoms with Gasteiger partial charge >= 0.3 is 0 Å². The Morgan fingerprint density at radius 2 is 1.44 bits per heavy atom. The lowest BCUT2D eigenvalue weighted by Crippen LogP contribution is -2.22. The molecule has 132 valence electrons. The second-order valence-corrected chi connectivity index (χ2v) is 6.85. The molecule has 27 heavy (non-hydrogen) atoms. The highest BCUT2D eigenvalue weighted by atomic mass is 32.1. The van der Waals surface area contributed by atoms with Gasteiger partial charge in [-0.15, -0.1) is 11.3 Å². The molecular weight excluding hydrogens is 354 g/mol. The minimum absolute atomic E-state index is 0.102. The summed E-state index contributed by atoms with van der Waals surface area (Å²) in [6, 6.07) is 25.2. The minimum atomic E-state index is -0.394. The van der Waals surface area contributed by atoms with E-state index >= 15 is 0 Å². The fraction of sp³-hybridized carbons (Fsp3) is 0.0455. The van der Waals surface area contributed by atoms with E-state index < -0.39 is 5.92 Å². The molecule has 2 heterocycles. The molecule has 0 aliphatic heterocycles. The smallest absolute Gasteiger partial charge is 0.238 e. The van der Waals surface area contributed by atoms with Crippen LogP contribution in [0.3, 0.4) is 0 Å². The van der Waals surface area contributed by atoms with E-state index in [1.165, 1.54) is 11.3 Å². The molecule has 0 unspecified atom stereocenters. The van der Waals surface area contributed by atoms with Crippen LogP contribution < -0.4 is 5.32 Å². The molecule has 1 N–H and O–H groups in total. The maximum absolute atomic E-state index is 13.1. The second-order valence-electron chi connectivity index (χ2n) is 6.00. The third-order valence-electron chi connectivity index (χ3n) is 4.19. The highest BCUT2D eigenvalue weighted by Gasteiger charge is 2.23. The van der Waals surface area contributed by atoms with E-state index in [9.17, 15) is 4.79 Å². The number of aromatic nitrogens is 2. The van der Waals surface area contributed by atoms with Crippen LogP contribution in [0, 0.1) is 0 Å². The molecule has 2 aromatic heterocycles. The molecule has 0 radical (unpaired) electrons. The summed E-state index contributed by atoms with van der Waals surface area (Å²) < 4.78 is 0. The summed E-state index contributed by atoms with van der Waals surface area (Å²) in [5, 5.41) is 5.44. The largest absolute Gasteiger partial charge is 0.301 e. The van der Waals surface area contributed by atoms with Crippen molar-refractivity contribution in [1.29, 1.82) is 0 Å². The van der Waals surface area contributed by atoms with Gasteiger partial charge < -0.3 is 5.32 Å². The van der Waals surface area contributed by atoms with Crippen LogP contribution in [-0.2, 0) is 4.79 Å². The summed E-state index contributed by atoms with van der Waals surface area (Å²) in [6.07, 6.45) is 1.73. The zero-order chi connectivity index (χ0) is 18.5. The van der Waals surface area contributed by atoms with Crippen molar-refractivity contribution in [3.05, 3.63) is 102 Å². The predicted molar refractivity (Wildman–Crippen MR) is 109 cm³/mol. The number of pyridine rings is 1. The van der Waals surface area contributed by atoms with Crippen molar-refractivity contribution in [3.8, 4) is 11.4 Å². The molecule has 4 aromatic rings. The number of hydrogen-bond acceptors (Lipinski definition) is 4. The van der Waals surface area contributed by atoms with Gasteiger partial charge in [-0.1, -0.05) is 66.7 Å². The Bertz CT molecular complexity index is 978. The Kier molecular flexibility index (Phi) is 5.03. The van der Waals surface area contributed by atoms with E-state index in [1.807, 2.05) is 84.2 Å². The van der Waals surface area contributed by atoms with Gasteiger partial charge in [0, 0.05) is 11.6 Å². The summed E-state index contributed by atoms with van der Waals surface area (Å²) in [7, 11) is 0. The fourth-order valence-corrected chi connectivity index (χ4v) is 3.63. The molecule has 0 atom stereocenters. The molecule has 2 aromatic carbocycles. The summed E-state index contributed by atoms with van der Waals surface area (Å²) >= 11 is 1.40. The molecule has 0 aliphatic carbocycles. The molecule has 5 heteroatoms. The normalized spacial score (nSPS) is 10.7. The maximum atomic E-state index is 13.1. The molecule has 0 bridgehead atoms. The monoisotopic (exact) mass is 371 g/mol. The predicted octanol–water partition coefficient (Wildman–Crippen LogP) is 4.98. The number of carbonyl (C=O) groups is 1. The quantitative estimate of drug-likeness (QED) is 0.538. The summed E-state index contributed by atoms with van der Waals surface area (Å²) in [5.41, 5.74) is 3.44. The van der Waals surface area contributed by atoms with Crippen LogP contribution in [0.15, 0.2) is 90.4 Å². The second kappa shape index (κ2) is 7.93. The van der Waals surface area contributed by atoms with Gasteiger partial charge in [0.1, 0.15) is 5.69 Å². The lowest BCUT2D eigenvalue weighted by Gasteiger charge is -2.17. The number of rotatable bonds is 5. The Morgan fingerprint density at radius 3 is 2.04 bits per heavy atom. The first-order valence-electron chi connectivity index (χ1n) is 8.59. The van der Waals surface area contributed by atoms with Crippen LogP contribution in [-0.4, -0.2) is 15.9 Å². The van der Waals surface area contributed by atoms with Gasteiger partial charge in [-0.2, -0.15) is 0 Å². The van der Waals surface area contributed by atoms with Gasteiger partial charge in [-0.25, -0.2) is 4.98 Å². The standard InChI is InChI=1S/C22H17N3OS/c26-21(25-22-24-19(15-27-22)18-13-7-8-14-23-18)20(16-9-3-1-4-10-16)17-11-5-2-6-12-17/h1-15,20H,(H,24,25,26). The van der Waals surface area contributed by atoms with Gasteiger partial charge in [-0.05, 0) is 23.3 Å². The topological polar surface area (TPSA) is 54.9 Å². The maximum Gasteiger partial charge on any atom is 0.238 e. The molecule has 0 saturated carbocycles. The van der Waals surface area contributed by atoms with E-state index in [0.29, 0.717) is 5.13 Å². The number of anilines is 1. The van der Waals surface area contributed by atoms with Crippen molar-refractivity contribution in [3.63, 3.8) is 0 Å². The zero-order valence-electron chi connectivity index (χ0n) is 14.4. The van der Waals surface area contributed by atoms with Crippen LogP contribution in [0.5, 0.6) is 0 Å². The summed E-state index contributed by atoms with van der Waals surface area (Å²) in [4.78, 5) is 21.9. The third kappa shape index (κ3) is 3.93. The highest BCUT2D eigenvalue weighted by molar-refractivity contribution is 7.14. The van der Waals surface area contributed by atoms with E-state index in [0.717, 1.165) is 22.5 Å². The van der Waals surface area contributed by atoms with Crippen molar-refractivity contribution < 1.29 is 4.79 Å². The Hall–Kier alpha value is -3.31. The lowest BCUT2D eigenvalue weighted by molar-refractivity contribution is -0.116. The van der Waals surface area contributed by atoms with Gasteiger partial charge in [0.15, 0.2) is 5.13 Å². The zero-order valence-corrected chi connectivity index (χ0v) is 15.3. The molecule has 4 nitrogen and oxygen atoms in total. The first kappa shape index (κ1) is 17.1. The molecule has 0 spiro atoms. The molecule has 4 rings (SSSR count). The molecule has 0 fully saturated rings. The average molecular weight is 371 g/mol. The number of hydrogen-bond donors (Lipinski definition) is 1. The van der Waals surface area contributed by atoms with Crippen LogP contribution in [0.4, 0.5) is 5.13 Å². The Morgan fingerprint density at radius 1 is 0.815 bits per heavy atom. The first-order chi connectivity index (χ1) is 13.3. The van der Waals surface area contributed by atoms with Gasteiger partial charge in [0.25, 0.3) is 0 Å². The van der Waals surface area contributed by atoms with E-state index in [4.69, 9.17) is 0 Å². The average Bonchev–Trinajstić information content (AvgIpc) is 3.19. The van der Waals surface area contributed by atoms with E-state index in [1.54, 1.807) is 6.20 Å². The Labute approximate surface area is 161 Å². The highest BCUT2D eigenvalue weighted by Crippen LogP contribution is 2.28. The molecule has 0 saturated heterocycles. The van der Waals surface area contributed by atoms with Crippen LogP contribution >= 0.6 is 11.3 Å². The number of amides is 1. The fourth-order valence-electron chi connectivity index (χ4n) is 2.93. The SMILES string of the molecule is O=C(Nc1nc(-c2ccccn2)cs1)C(c1ccccc1)c1ccccc1. The summed E-state index contributed by atoms with van der Waals surface area (Å²) in [5.74, 6) is -0.496. The summed E-state index contributed by atoms with van der Waals surface area (Å²) in [6.45, 7) is 0. The van der Waals surface area contributed by atoms with Crippen LogP contribution in [0.25, 0.3) is 11.4 Å². The van der Waals surface area contributed by atoms with Gasteiger partial charge in [-0.3, -0.25) is 9.78 Å². The van der Waals surface area contributed by atoms with Crippen molar-refractivity contribution in [1.82, 2.24) is 9.97 Å². The van der Waals surface area contributed by atoms with Gasteiger partial charge in [0.2, 0.25) is 5.91 Å². The molecular formula is C22H17N3OS.